The molecule has 0 aliphatic carbocycles. The molecule has 0 fully saturated rings. The molecule has 0 bridgehead atoms. The molecule has 0 saturated heterocycles. The number of benzene rings is 6. The smallest absolute Gasteiger partial charge is 0.227 e. The molecule has 6 aromatic carbocycles. The van der Waals surface area contributed by atoms with Crippen molar-refractivity contribution in [2.24, 2.45) is 0 Å². The van der Waals surface area contributed by atoms with Crippen molar-refractivity contribution in [1.29, 1.82) is 0 Å². The molecule has 2 amide bonds. The van der Waals surface area contributed by atoms with E-state index in [2.05, 4.69) is 24.0 Å². The number of hydrogen-bond acceptors (Lipinski definition) is 4. The minimum Gasteiger partial charge on any atom is -0.488 e. The van der Waals surface area contributed by atoms with Gasteiger partial charge in [-0.1, -0.05) is 97.1 Å². The van der Waals surface area contributed by atoms with E-state index in [1.807, 2.05) is 107 Å². The quantitative estimate of drug-likeness (QED) is 0.0811. The minimum absolute atomic E-state index is 0.0347. The fraction of sp³-hybridized carbons (Fsp3) is 0.255. The second-order valence-electron chi connectivity index (χ2n) is 15.2. The maximum Gasteiger partial charge on any atom is 0.227 e. The molecule has 0 radical (unpaired) electrons. The van der Waals surface area contributed by atoms with Gasteiger partial charge < -0.3 is 19.3 Å². The van der Waals surface area contributed by atoms with Gasteiger partial charge in [-0.15, -0.1) is 47.9 Å². The predicted molar refractivity (Wildman–Crippen MR) is 240 cm³/mol. The Kier molecular flexibility index (Phi) is 12.1. The van der Waals surface area contributed by atoms with Crippen molar-refractivity contribution in [2.45, 2.75) is 57.2 Å². The van der Waals surface area contributed by atoms with Crippen molar-refractivity contribution >= 4 is 67.9 Å². The van der Waals surface area contributed by atoms with Crippen molar-refractivity contribution in [1.82, 2.24) is 0 Å². The maximum absolute atomic E-state index is 14.1. The van der Waals surface area contributed by atoms with Crippen molar-refractivity contribution in [3.05, 3.63) is 143 Å². The summed E-state index contributed by atoms with van der Waals surface area (Å²) in [5.74, 6) is 7.34. The number of amides is 2. The number of ether oxygens (including phenoxy) is 2. The van der Waals surface area contributed by atoms with Gasteiger partial charge >= 0.3 is 0 Å². The first-order chi connectivity index (χ1) is 28.9. The maximum atomic E-state index is 14.1. The molecule has 8 heteroatoms. The monoisotopic (exact) mass is 818 g/mol. The van der Waals surface area contributed by atoms with Gasteiger partial charge in [0.2, 0.25) is 11.8 Å². The van der Waals surface area contributed by atoms with E-state index in [9.17, 15) is 9.59 Å². The largest absolute Gasteiger partial charge is 0.488 e. The number of hydrogen-bond donors (Lipinski definition) is 0. The average molecular weight is 820 g/mol. The standard InChI is InChI=1S/C51H44Cl2N2O4/c1-3-10-34-18-22-36(23-19-34)32-58-46-26-44-50(42-14-7-5-12-40(42)46)38(28-52)30-54(44)48(56)16-9-17-49(57)55-31-39(29-53)51-43-15-8-6-13-41(43)47(27-45(51)55)59-33-37-24-20-35(11-4-2)21-25-37/h1-2,5-8,12-15,18-27,38-39H,9-11,16-17,28-33H2/t38-,39-/m1/s1. The Morgan fingerprint density at radius 1 is 0.576 bits per heavy atom. The lowest BCUT2D eigenvalue weighted by atomic mass is 9.95. The van der Waals surface area contributed by atoms with E-state index in [0.29, 0.717) is 68.8 Å². The second-order valence-corrected chi connectivity index (χ2v) is 15.9. The lowest BCUT2D eigenvalue weighted by molar-refractivity contribution is -0.119. The Morgan fingerprint density at radius 2 is 0.949 bits per heavy atom. The highest BCUT2D eigenvalue weighted by atomic mass is 35.5. The topological polar surface area (TPSA) is 59.1 Å². The zero-order chi connectivity index (χ0) is 40.9. The fourth-order valence-corrected chi connectivity index (χ4v) is 9.02. The molecule has 2 atom stereocenters. The van der Waals surface area contributed by atoms with Crippen LogP contribution in [0.5, 0.6) is 11.5 Å². The zero-order valence-electron chi connectivity index (χ0n) is 32.8. The van der Waals surface area contributed by atoms with Gasteiger partial charge in [0, 0.05) is 85.3 Å². The Hall–Kier alpha value is -5.92. The van der Waals surface area contributed by atoms with Crippen LogP contribution >= 0.6 is 23.2 Å². The van der Waals surface area contributed by atoms with Crippen LogP contribution in [-0.4, -0.2) is 36.7 Å². The molecule has 6 nitrogen and oxygen atoms in total. The zero-order valence-corrected chi connectivity index (χ0v) is 34.3. The van der Waals surface area contributed by atoms with Gasteiger partial charge in [0.25, 0.3) is 0 Å². The molecule has 2 aliphatic heterocycles. The first-order valence-corrected chi connectivity index (χ1v) is 21.1. The molecule has 6 aromatic rings. The fourth-order valence-electron chi connectivity index (χ4n) is 8.51. The highest BCUT2D eigenvalue weighted by Crippen LogP contribution is 2.47. The molecular formula is C51H44Cl2N2O4. The number of carbonyl (C=O) groups excluding carboxylic acids is 2. The number of rotatable bonds is 14. The highest BCUT2D eigenvalue weighted by Gasteiger charge is 2.36. The molecule has 0 N–H and O–H groups in total. The van der Waals surface area contributed by atoms with Crippen LogP contribution in [0.25, 0.3) is 21.5 Å². The Bertz CT molecular complexity index is 2430. The number of carbonyl (C=O) groups is 2. The normalized spacial score (nSPS) is 15.5. The molecule has 59 heavy (non-hydrogen) atoms. The van der Waals surface area contributed by atoms with E-state index in [-0.39, 0.29) is 36.5 Å². The Morgan fingerprint density at radius 3 is 1.32 bits per heavy atom. The molecule has 0 unspecified atom stereocenters. The van der Waals surface area contributed by atoms with Crippen LogP contribution in [0.3, 0.4) is 0 Å². The first kappa shape index (κ1) is 39.9. The molecule has 0 saturated carbocycles. The van der Waals surface area contributed by atoms with Crippen LogP contribution in [-0.2, 0) is 35.6 Å². The van der Waals surface area contributed by atoms with Crippen LogP contribution < -0.4 is 19.3 Å². The minimum atomic E-state index is -0.0496. The van der Waals surface area contributed by atoms with Gasteiger partial charge in [0.15, 0.2) is 0 Å². The third-order valence-electron chi connectivity index (χ3n) is 11.5. The number of nitrogens with zero attached hydrogens (tertiary/aromatic N) is 2. The van der Waals surface area contributed by atoms with Crippen molar-refractivity contribution < 1.29 is 19.1 Å². The predicted octanol–water partition coefficient (Wildman–Crippen LogP) is 10.7. The van der Waals surface area contributed by atoms with E-state index in [1.165, 1.54) is 0 Å². The van der Waals surface area contributed by atoms with Gasteiger partial charge in [0.05, 0.1) is 11.4 Å². The molecule has 0 aromatic heterocycles. The van der Waals surface area contributed by atoms with Crippen molar-refractivity contribution in [3.8, 4) is 36.2 Å². The van der Waals surface area contributed by atoms with Crippen LogP contribution in [0.2, 0.25) is 0 Å². The van der Waals surface area contributed by atoms with Crippen molar-refractivity contribution in [3.63, 3.8) is 0 Å². The van der Waals surface area contributed by atoms with Gasteiger partial charge in [0.1, 0.15) is 24.7 Å². The van der Waals surface area contributed by atoms with E-state index >= 15 is 0 Å². The molecule has 296 valence electrons. The van der Waals surface area contributed by atoms with Gasteiger partial charge in [-0.25, -0.2) is 0 Å². The van der Waals surface area contributed by atoms with E-state index < -0.39 is 0 Å². The summed E-state index contributed by atoms with van der Waals surface area (Å²) in [7, 11) is 0. The summed E-state index contributed by atoms with van der Waals surface area (Å²) in [5, 5.41) is 4.00. The van der Waals surface area contributed by atoms with E-state index in [0.717, 1.165) is 66.3 Å². The number of alkyl halides is 2. The number of halogens is 2. The summed E-state index contributed by atoms with van der Waals surface area (Å²) in [6, 6.07) is 36.4. The van der Waals surface area contributed by atoms with Crippen LogP contribution in [0.1, 0.15) is 64.5 Å². The summed E-state index contributed by atoms with van der Waals surface area (Å²) in [6.07, 6.45) is 12.9. The summed E-state index contributed by atoms with van der Waals surface area (Å²) >= 11 is 13.1. The van der Waals surface area contributed by atoms with Gasteiger partial charge in [-0.05, 0) is 50.6 Å². The molecule has 0 spiro atoms. The molecule has 2 aliphatic rings. The number of terminal acetylenes is 2. The molecular weight excluding hydrogens is 775 g/mol. The number of fused-ring (bicyclic) bond motifs is 6. The van der Waals surface area contributed by atoms with Crippen LogP contribution in [0.4, 0.5) is 11.4 Å². The van der Waals surface area contributed by atoms with Crippen molar-refractivity contribution in [2.75, 3.05) is 34.6 Å². The third kappa shape index (κ3) is 8.22. The lowest BCUT2D eigenvalue weighted by Crippen LogP contribution is -2.32. The summed E-state index contributed by atoms with van der Waals surface area (Å²) in [4.78, 5) is 31.8. The van der Waals surface area contributed by atoms with Gasteiger partial charge in [-0.3, -0.25) is 9.59 Å². The Balaban J connectivity index is 0.983. The molecule has 8 rings (SSSR count). The average Bonchev–Trinajstić information content (AvgIpc) is 3.85. The third-order valence-corrected chi connectivity index (χ3v) is 12.2. The SMILES string of the molecule is C#CCc1ccc(COc2cc3c(c4ccccc24)[C@H](CCl)CN3C(=O)CCCC(=O)N2C[C@@H](CCl)c3c2cc(OCc2ccc(CC#C)cc2)c2ccccc32)cc1. The second kappa shape index (κ2) is 17.9. The Labute approximate surface area is 356 Å². The van der Waals surface area contributed by atoms with Crippen LogP contribution in [0.15, 0.2) is 109 Å². The van der Waals surface area contributed by atoms with E-state index in [1.54, 1.807) is 0 Å². The summed E-state index contributed by atoms with van der Waals surface area (Å²) < 4.78 is 12.9. The van der Waals surface area contributed by atoms with Gasteiger partial charge in [-0.2, -0.15) is 0 Å². The van der Waals surface area contributed by atoms with Crippen LogP contribution in [0, 0.1) is 24.7 Å². The summed E-state index contributed by atoms with van der Waals surface area (Å²) in [5.41, 5.74) is 7.92. The highest BCUT2D eigenvalue weighted by molar-refractivity contribution is 6.19. The molecule has 2 heterocycles. The lowest BCUT2D eigenvalue weighted by Gasteiger charge is -2.21. The summed E-state index contributed by atoms with van der Waals surface area (Å²) in [6.45, 7) is 1.67. The number of anilines is 2. The van der Waals surface area contributed by atoms with E-state index in [4.69, 9.17) is 45.5 Å². The first-order valence-electron chi connectivity index (χ1n) is 20.0.